The Morgan fingerprint density at radius 1 is 1.13 bits per heavy atom. The van der Waals surface area contributed by atoms with E-state index in [-0.39, 0.29) is 41.8 Å². The summed E-state index contributed by atoms with van der Waals surface area (Å²) in [6.07, 6.45) is 2.04. The van der Waals surface area contributed by atoms with Gasteiger partial charge in [0.25, 0.3) is 5.91 Å². The van der Waals surface area contributed by atoms with E-state index in [0.717, 1.165) is 16.7 Å². The summed E-state index contributed by atoms with van der Waals surface area (Å²) in [6.45, 7) is 6.35. The van der Waals surface area contributed by atoms with Crippen LogP contribution in [0.25, 0.3) is 0 Å². The number of anilines is 1. The minimum atomic E-state index is -0.923. The standard InChI is InChI=1S/C30H36N4O5/c1-19(20-8-6-5-7-9-20)34(26(36)22-12-13-39-29(2,3)15-22)18-25(35)31-24-11-10-21-16-30(17-23(21)14-24)27(37)32-28(38)33(30)4/h5-11,14,19,22H,12-13,15-18H2,1-4H3,(H,31,35)(H,32,37,38)/t19-,22?,30+/m1/s1. The molecule has 0 radical (unpaired) electrons. The zero-order valence-corrected chi connectivity index (χ0v) is 23.0. The summed E-state index contributed by atoms with van der Waals surface area (Å²) >= 11 is 0. The Bertz CT molecular complexity index is 1310. The zero-order valence-electron chi connectivity index (χ0n) is 23.0. The number of carbonyl (C=O) groups is 4. The fourth-order valence-corrected chi connectivity index (χ4v) is 6.12. The molecule has 2 heterocycles. The molecule has 2 aromatic carbocycles. The molecule has 5 rings (SSSR count). The van der Waals surface area contributed by atoms with E-state index >= 15 is 0 Å². The summed E-state index contributed by atoms with van der Waals surface area (Å²) < 4.78 is 5.82. The number of benzene rings is 2. The van der Waals surface area contributed by atoms with Crippen molar-refractivity contribution >= 4 is 29.4 Å². The number of fused-ring (bicyclic) bond motifs is 1. The Labute approximate surface area is 228 Å². The third kappa shape index (κ3) is 5.15. The van der Waals surface area contributed by atoms with Crippen molar-refractivity contribution in [3.05, 3.63) is 65.2 Å². The third-order valence-corrected chi connectivity index (χ3v) is 8.44. The fourth-order valence-electron chi connectivity index (χ4n) is 6.12. The lowest BCUT2D eigenvalue weighted by Crippen LogP contribution is -2.48. The molecular weight excluding hydrogens is 496 g/mol. The van der Waals surface area contributed by atoms with E-state index < -0.39 is 11.6 Å². The number of rotatable bonds is 6. The van der Waals surface area contributed by atoms with Gasteiger partial charge in [-0.1, -0.05) is 36.4 Å². The number of likely N-dealkylation sites (N-methyl/N-ethyl adjacent to an activating group) is 1. The van der Waals surface area contributed by atoms with Crippen molar-refractivity contribution in [2.24, 2.45) is 5.92 Å². The molecule has 5 amide bonds. The van der Waals surface area contributed by atoms with Gasteiger partial charge in [-0.2, -0.15) is 0 Å². The predicted octanol–water partition coefficient (Wildman–Crippen LogP) is 3.44. The lowest BCUT2D eigenvalue weighted by Gasteiger charge is -2.38. The second-order valence-electron chi connectivity index (χ2n) is 11.6. The first-order chi connectivity index (χ1) is 18.5. The maximum atomic E-state index is 13.8. The van der Waals surface area contributed by atoms with E-state index in [1.807, 2.05) is 63.2 Å². The van der Waals surface area contributed by atoms with E-state index in [1.54, 1.807) is 18.0 Å². The van der Waals surface area contributed by atoms with Crippen LogP contribution in [0, 0.1) is 5.92 Å². The van der Waals surface area contributed by atoms with Gasteiger partial charge in [0.2, 0.25) is 11.8 Å². The Morgan fingerprint density at radius 3 is 2.51 bits per heavy atom. The molecule has 1 aliphatic carbocycles. The van der Waals surface area contributed by atoms with Crippen molar-refractivity contribution in [3.8, 4) is 0 Å². The van der Waals surface area contributed by atoms with Gasteiger partial charge in [-0.05, 0) is 62.4 Å². The lowest BCUT2D eigenvalue weighted by atomic mass is 9.87. The highest BCUT2D eigenvalue weighted by molar-refractivity contribution is 6.07. The molecule has 2 aliphatic heterocycles. The molecule has 2 N–H and O–H groups in total. The molecule has 206 valence electrons. The summed E-state index contributed by atoms with van der Waals surface area (Å²) in [5.74, 6) is -0.858. The van der Waals surface area contributed by atoms with Crippen LogP contribution in [0.15, 0.2) is 48.5 Å². The number of urea groups is 1. The second-order valence-corrected chi connectivity index (χ2v) is 11.6. The number of nitrogens with one attached hydrogen (secondary N) is 2. The molecule has 1 unspecified atom stereocenters. The molecule has 2 saturated heterocycles. The molecule has 9 heteroatoms. The first-order valence-electron chi connectivity index (χ1n) is 13.5. The first kappa shape index (κ1) is 26.9. The SMILES string of the molecule is C[C@H](c1ccccc1)N(CC(=O)Nc1ccc2c(c1)C[C@@]1(C2)C(=O)NC(=O)N1C)C(=O)C1CCOC(C)(C)C1. The molecule has 9 nitrogen and oxygen atoms in total. The fraction of sp³-hybridized carbons (Fsp3) is 0.467. The summed E-state index contributed by atoms with van der Waals surface area (Å²) in [4.78, 5) is 54.9. The van der Waals surface area contributed by atoms with Crippen molar-refractivity contribution < 1.29 is 23.9 Å². The van der Waals surface area contributed by atoms with Crippen molar-refractivity contribution in [1.29, 1.82) is 0 Å². The number of hydrogen-bond acceptors (Lipinski definition) is 5. The van der Waals surface area contributed by atoms with Crippen molar-refractivity contribution in [1.82, 2.24) is 15.1 Å². The zero-order chi connectivity index (χ0) is 27.9. The van der Waals surface area contributed by atoms with Crippen LogP contribution in [0.5, 0.6) is 0 Å². The molecule has 2 fully saturated rings. The third-order valence-electron chi connectivity index (χ3n) is 8.44. The van der Waals surface area contributed by atoms with Crippen LogP contribution in [-0.2, 0) is 32.0 Å². The Balaban J connectivity index is 1.32. The minimum absolute atomic E-state index is 0.0475. The van der Waals surface area contributed by atoms with Gasteiger partial charge in [0.15, 0.2) is 0 Å². The van der Waals surface area contributed by atoms with E-state index in [2.05, 4.69) is 10.6 Å². The topological polar surface area (TPSA) is 108 Å². The number of ether oxygens (including phenoxy) is 1. The van der Waals surface area contributed by atoms with Crippen LogP contribution in [0.4, 0.5) is 10.5 Å². The molecule has 0 aromatic heterocycles. The summed E-state index contributed by atoms with van der Waals surface area (Å²) in [5.41, 5.74) is 2.13. The van der Waals surface area contributed by atoms with Crippen LogP contribution in [0.3, 0.4) is 0 Å². The summed E-state index contributed by atoms with van der Waals surface area (Å²) in [6, 6.07) is 14.6. The summed E-state index contributed by atoms with van der Waals surface area (Å²) in [5, 5.41) is 5.36. The molecule has 2 aromatic rings. The van der Waals surface area contributed by atoms with Crippen LogP contribution in [-0.4, -0.2) is 64.9 Å². The number of carbonyl (C=O) groups excluding carboxylic acids is 4. The predicted molar refractivity (Wildman–Crippen MR) is 146 cm³/mol. The van der Waals surface area contributed by atoms with Gasteiger partial charge in [-0.15, -0.1) is 0 Å². The molecule has 39 heavy (non-hydrogen) atoms. The largest absolute Gasteiger partial charge is 0.376 e. The number of imide groups is 1. The van der Waals surface area contributed by atoms with Gasteiger partial charge in [0.1, 0.15) is 12.1 Å². The van der Waals surface area contributed by atoms with Crippen molar-refractivity contribution in [3.63, 3.8) is 0 Å². The second kappa shape index (κ2) is 10.1. The van der Waals surface area contributed by atoms with Gasteiger partial charge in [0, 0.05) is 38.1 Å². The van der Waals surface area contributed by atoms with Gasteiger partial charge in [0.05, 0.1) is 11.6 Å². The molecule has 3 atom stereocenters. The van der Waals surface area contributed by atoms with Crippen molar-refractivity contribution in [2.75, 3.05) is 25.5 Å². The van der Waals surface area contributed by atoms with E-state index in [0.29, 0.717) is 38.0 Å². The Hall–Kier alpha value is -3.72. The molecule has 1 spiro atoms. The smallest absolute Gasteiger partial charge is 0.324 e. The minimum Gasteiger partial charge on any atom is -0.376 e. The summed E-state index contributed by atoms with van der Waals surface area (Å²) in [7, 11) is 1.63. The molecule has 0 bridgehead atoms. The molecular formula is C30H36N4O5. The number of hydrogen-bond donors (Lipinski definition) is 2. The highest BCUT2D eigenvalue weighted by atomic mass is 16.5. The lowest BCUT2D eigenvalue weighted by molar-refractivity contribution is -0.149. The van der Waals surface area contributed by atoms with Crippen LogP contribution in [0.2, 0.25) is 0 Å². The normalized spacial score (nSPS) is 24.3. The average molecular weight is 533 g/mol. The van der Waals surface area contributed by atoms with Gasteiger partial charge < -0.3 is 19.9 Å². The highest BCUT2D eigenvalue weighted by Gasteiger charge is 2.54. The molecule has 3 aliphatic rings. The van der Waals surface area contributed by atoms with Crippen LogP contribution in [0.1, 0.15) is 56.3 Å². The van der Waals surface area contributed by atoms with Crippen molar-refractivity contribution in [2.45, 2.75) is 63.6 Å². The molecule has 0 saturated carbocycles. The number of nitrogens with zero attached hydrogens (tertiary/aromatic N) is 2. The quantitative estimate of drug-likeness (QED) is 0.554. The van der Waals surface area contributed by atoms with E-state index in [1.165, 1.54) is 4.90 Å². The van der Waals surface area contributed by atoms with Gasteiger partial charge >= 0.3 is 6.03 Å². The maximum absolute atomic E-state index is 13.8. The Morgan fingerprint density at radius 2 is 1.85 bits per heavy atom. The van der Waals surface area contributed by atoms with Gasteiger partial charge in [-0.25, -0.2) is 4.79 Å². The van der Waals surface area contributed by atoms with Crippen LogP contribution >= 0.6 is 0 Å². The number of amides is 5. The Kier molecular flexibility index (Phi) is 6.97. The van der Waals surface area contributed by atoms with E-state index in [9.17, 15) is 19.2 Å². The monoisotopic (exact) mass is 532 g/mol. The van der Waals surface area contributed by atoms with Gasteiger partial charge in [-0.3, -0.25) is 19.7 Å². The van der Waals surface area contributed by atoms with Crippen LogP contribution < -0.4 is 10.6 Å². The van der Waals surface area contributed by atoms with E-state index in [4.69, 9.17) is 4.74 Å². The highest BCUT2D eigenvalue weighted by Crippen LogP contribution is 2.38. The maximum Gasteiger partial charge on any atom is 0.324 e. The first-order valence-corrected chi connectivity index (χ1v) is 13.5. The average Bonchev–Trinajstić information content (AvgIpc) is 3.39.